The number of esters is 1. The summed E-state index contributed by atoms with van der Waals surface area (Å²) >= 11 is 13.2. The molecule has 0 radical (unpaired) electrons. The number of phenols is 1. The van der Waals surface area contributed by atoms with Crippen LogP contribution in [-0.4, -0.2) is 23.9 Å². The van der Waals surface area contributed by atoms with E-state index in [-0.39, 0.29) is 27.9 Å². The van der Waals surface area contributed by atoms with Crippen LogP contribution in [0.5, 0.6) is 5.75 Å². The highest BCUT2D eigenvalue weighted by molar-refractivity contribution is 7.16. The number of thiophene rings is 1. The monoisotopic (exact) mass is 385 g/mol. The third-order valence-corrected chi connectivity index (χ3v) is 5.70. The normalized spacial score (nSPS) is 16.7. The molecule has 2 aromatic rings. The van der Waals surface area contributed by atoms with Crippen molar-refractivity contribution in [2.45, 2.75) is 19.4 Å². The zero-order valence-corrected chi connectivity index (χ0v) is 15.1. The van der Waals surface area contributed by atoms with Crippen LogP contribution >= 0.6 is 34.5 Å². The van der Waals surface area contributed by atoms with E-state index < -0.39 is 0 Å². The van der Waals surface area contributed by atoms with Gasteiger partial charge in [0.2, 0.25) is 0 Å². The van der Waals surface area contributed by atoms with Crippen LogP contribution in [0.3, 0.4) is 0 Å². The van der Waals surface area contributed by atoms with E-state index in [2.05, 4.69) is 5.16 Å². The molecule has 1 N–H and O–H groups in total. The fraction of sp³-hybridized carbons (Fsp3) is 0.250. The number of halogens is 2. The average Bonchev–Trinajstić information content (AvgIpc) is 3.18. The van der Waals surface area contributed by atoms with Gasteiger partial charge in [-0.3, -0.25) is 0 Å². The fourth-order valence-electron chi connectivity index (χ4n) is 2.40. The molecule has 8 heteroatoms. The zero-order valence-electron chi connectivity index (χ0n) is 12.8. The third-order valence-electron chi connectivity index (χ3n) is 3.64. The van der Waals surface area contributed by atoms with Crippen molar-refractivity contribution in [3.8, 4) is 5.75 Å². The molecule has 1 aliphatic heterocycles. The SMILES string of the molecule is COC(=O)c1sc(C2=NOC(c3cc(O)c(Cl)c(Cl)c3)C2)cc1C. The fourth-order valence-corrected chi connectivity index (χ4v) is 3.81. The van der Waals surface area contributed by atoms with Crippen molar-refractivity contribution in [3.63, 3.8) is 0 Å². The molecule has 0 aliphatic carbocycles. The molecule has 0 amide bonds. The molecule has 126 valence electrons. The van der Waals surface area contributed by atoms with Crippen LogP contribution in [-0.2, 0) is 9.57 Å². The second-order valence-corrected chi connectivity index (χ2v) is 7.12. The predicted molar refractivity (Wildman–Crippen MR) is 93.5 cm³/mol. The highest BCUT2D eigenvalue weighted by atomic mass is 35.5. The molecule has 0 saturated carbocycles. The lowest BCUT2D eigenvalue weighted by Gasteiger charge is -2.10. The molecular weight excluding hydrogens is 373 g/mol. The topological polar surface area (TPSA) is 68.1 Å². The first-order valence-corrected chi connectivity index (χ1v) is 8.57. The summed E-state index contributed by atoms with van der Waals surface area (Å²) in [5, 5.41) is 14.3. The number of ether oxygens (including phenoxy) is 1. The van der Waals surface area contributed by atoms with Gasteiger partial charge in [-0.2, -0.15) is 0 Å². The van der Waals surface area contributed by atoms with Crippen molar-refractivity contribution >= 4 is 46.2 Å². The van der Waals surface area contributed by atoms with E-state index in [1.807, 2.05) is 13.0 Å². The van der Waals surface area contributed by atoms with Crippen molar-refractivity contribution in [1.82, 2.24) is 0 Å². The molecule has 3 rings (SSSR count). The van der Waals surface area contributed by atoms with Gasteiger partial charge in [0, 0.05) is 12.0 Å². The molecule has 24 heavy (non-hydrogen) atoms. The Balaban J connectivity index is 1.82. The zero-order chi connectivity index (χ0) is 17.4. The van der Waals surface area contributed by atoms with Crippen molar-refractivity contribution in [1.29, 1.82) is 0 Å². The van der Waals surface area contributed by atoms with Crippen LogP contribution in [0.15, 0.2) is 23.4 Å². The highest BCUT2D eigenvalue weighted by Crippen LogP contribution is 2.39. The molecule has 0 fully saturated rings. The van der Waals surface area contributed by atoms with Gasteiger partial charge in [0.05, 0.1) is 17.0 Å². The summed E-state index contributed by atoms with van der Waals surface area (Å²) in [5.74, 6) is -0.467. The molecule has 5 nitrogen and oxygen atoms in total. The Bertz CT molecular complexity index is 824. The van der Waals surface area contributed by atoms with Gasteiger partial charge in [0.25, 0.3) is 0 Å². The van der Waals surface area contributed by atoms with Crippen molar-refractivity contribution in [3.05, 3.63) is 49.1 Å². The minimum absolute atomic E-state index is 0.101. The minimum atomic E-state index is -0.371. The van der Waals surface area contributed by atoms with Crippen LogP contribution in [0.25, 0.3) is 0 Å². The lowest BCUT2D eigenvalue weighted by atomic mass is 10.0. The number of rotatable bonds is 3. The standard InChI is InChI=1S/C16H13Cl2NO4S/c1-7-3-13(24-15(7)16(21)22-2)10-6-12(23-19-10)8-4-9(17)14(18)11(20)5-8/h3-5,12,20H,6H2,1-2H3. The Kier molecular flexibility index (Phi) is 4.71. The maximum atomic E-state index is 11.7. The molecule has 1 aromatic heterocycles. The van der Waals surface area contributed by atoms with Crippen molar-refractivity contribution in [2.24, 2.45) is 5.16 Å². The maximum Gasteiger partial charge on any atom is 0.348 e. The highest BCUT2D eigenvalue weighted by Gasteiger charge is 2.27. The Labute approximate surface area is 152 Å². The van der Waals surface area contributed by atoms with Crippen LogP contribution in [0.4, 0.5) is 0 Å². The van der Waals surface area contributed by atoms with E-state index in [0.717, 1.165) is 16.2 Å². The molecule has 2 heterocycles. The van der Waals surface area contributed by atoms with Gasteiger partial charge in [-0.1, -0.05) is 28.4 Å². The number of aryl methyl sites for hydroxylation is 1. The minimum Gasteiger partial charge on any atom is -0.506 e. The summed E-state index contributed by atoms with van der Waals surface area (Å²) in [4.78, 5) is 18.6. The number of oxime groups is 1. The molecule has 0 bridgehead atoms. The number of phenolic OH excluding ortho intramolecular Hbond substituents is 1. The third kappa shape index (κ3) is 3.09. The van der Waals surface area contributed by atoms with Crippen molar-refractivity contribution < 1.29 is 19.5 Å². The molecule has 1 aromatic carbocycles. The Hall–Kier alpha value is -1.76. The summed E-state index contributed by atoms with van der Waals surface area (Å²) < 4.78 is 4.77. The number of methoxy groups -OCH3 is 1. The Morgan fingerprint density at radius 2 is 2.17 bits per heavy atom. The summed E-state index contributed by atoms with van der Waals surface area (Å²) in [6.45, 7) is 1.84. The van der Waals surface area contributed by atoms with Crippen LogP contribution in [0.1, 0.15) is 38.2 Å². The summed E-state index contributed by atoms with van der Waals surface area (Å²) in [6.07, 6.45) is 0.127. The number of aromatic hydroxyl groups is 1. The second kappa shape index (κ2) is 6.63. The van der Waals surface area contributed by atoms with Gasteiger partial charge in [-0.15, -0.1) is 11.3 Å². The Morgan fingerprint density at radius 3 is 2.83 bits per heavy atom. The first-order chi connectivity index (χ1) is 11.4. The molecule has 0 saturated heterocycles. The van der Waals surface area contributed by atoms with E-state index in [0.29, 0.717) is 16.9 Å². The van der Waals surface area contributed by atoms with Crippen LogP contribution < -0.4 is 0 Å². The number of nitrogens with zero attached hydrogens (tertiary/aromatic N) is 1. The van der Waals surface area contributed by atoms with Gasteiger partial charge < -0.3 is 14.7 Å². The molecule has 1 aliphatic rings. The quantitative estimate of drug-likeness (QED) is 0.775. The molecule has 1 unspecified atom stereocenters. The van der Waals surface area contributed by atoms with Gasteiger partial charge >= 0.3 is 5.97 Å². The average molecular weight is 386 g/mol. The van der Waals surface area contributed by atoms with E-state index in [4.69, 9.17) is 32.8 Å². The number of carbonyl (C=O) groups is 1. The number of hydrogen-bond acceptors (Lipinski definition) is 6. The summed E-state index contributed by atoms with van der Waals surface area (Å²) in [5.41, 5.74) is 2.25. The van der Waals surface area contributed by atoms with E-state index in [1.165, 1.54) is 24.5 Å². The van der Waals surface area contributed by atoms with Crippen molar-refractivity contribution in [2.75, 3.05) is 7.11 Å². The van der Waals surface area contributed by atoms with Gasteiger partial charge in [0.1, 0.15) is 21.4 Å². The molecular formula is C16H13Cl2NO4S. The first kappa shape index (κ1) is 17.1. The largest absolute Gasteiger partial charge is 0.506 e. The van der Waals surface area contributed by atoms with Crippen LogP contribution in [0, 0.1) is 6.92 Å². The van der Waals surface area contributed by atoms with Gasteiger partial charge in [-0.25, -0.2) is 4.79 Å². The predicted octanol–water partition coefficient (Wildman–Crippen LogP) is 4.72. The first-order valence-electron chi connectivity index (χ1n) is 7.00. The molecule has 0 spiro atoms. The molecule has 1 atom stereocenters. The number of benzene rings is 1. The van der Waals surface area contributed by atoms with E-state index in [1.54, 1.807) is 6.07 Å². The van der Waals surface area contributed by atoms with Gasteiger partial charge in [-0.05, 0) is 30.7 Å². The summed E-state index contributed by atoms with van der Waals surface area (Å²) in [7, 11) is 1.35. The second-order valence-electron chi connectivity index (χ2n) is 5.29. The lowest BCUT2D eigenvalue weighted by molar-refractivity contribution is 0.0605. The Morgan fingerprint density at radius 1 is 1.42 bits per heavy atom. The van der Waals surface area contributed by atoms with E-state index in [9.17, 15) is 9.90 Å². The van der Waals surface area contributed by atoms with Crippen LogP contribution in [0.2, 0.25) is 10.0 Å². The lowest BCUT2D eigenvalue weighted by Crippen LogP contribution is -2.00. The van der Waals surface area contributed by atoms with Gasteiger partial charge in [0.15, 0.2) is 6.10 Å². The summed E-state index contributed by atoms with van der Waals surface area (Å²) in [6, 6.07) is 5.04. The number of carbonyl (C=O) groups excluding carboxylic acids is 1. The van der Waals surface area contributed by atoms with E-state index >= 15 is 0 Å². The number of hydrogen-bond donors (Lipinski definition) is 1. The maximum absolute atomic E-state index is 11.7. The smallest absolute Gasteiger partial charge is 0.348 e.